The Bertz CT molecular complexity index is 804. The first kappa shape index (κ1) is 18.0. The summed E-state index contributed by atoms with van der Waals surface area (Å²) in [5.41, 5.74) is 0.690. The predicted molar refractivity (Wildman–Crippen MR) is 95.7 cm³/mol. The fraction of sp³-hybridized carbons (Fsp3) is 0.278. The number of hydrogen-bond acceptors (Lipinski definition) is 3. The summed E-state index contributed by atoms with van der Waals surface area (Å²) in [5.74, 6) is -0.384. The van der Waals surface area contributed by atoms with Crippen molar-refractivity contribution in [2.45, 2.75) is 31.2 Å². The zero-order valence-electron chi connectivity index (χ0n) is 14.1. The first-order valence-corrected chi connectivity index (χ1v) is 9.25. The van der Waals surface area contributed by atoms with E-state index in [4.69, 9.17) is 0 Å². The van der Waals surface area contributed by atoms with Gasteiger partial charge in [-0.05, 0) is 37.6 Å². The number of para-hydroxylation sites is 1. The fourth-order valence-corrected chi connectivity index (χ4v) is 3.59. The predicted octanol–water partition coefficient (Wildman–Crippen LogP) is 3.04. The number of amides is 1. The van der Waals surface area contributed by atoms with Crippen molar-refractivity contribution < 1.29 is 13.2 Å². The molecule has 0 saturated carbocycles. The molecule has 128 valence electrons. The van der Waals surface area contributed by atoms with Gasteiger partial charge in [0.05, 0.1) is 11.3 Å². The van der Waals surface area contributed by atoms with Crippen LogP contribution in [0.5, 0.6) is 0 Å². The molecule has 2 aromatic rings. The van der Waals surface area contributed by atoms with Gasteiger partial charge in [-0.1, -0.05) is 37.3 Å². The minimum atomic E-state index is -3.84. The third-order valence-electron chi connectivity index (χ3n) is 3.88. The zero-order valence-corrected chi connectivity index (χ0v) is 14.9. The van der Waals surface area contributed by atoms with Crippen LogP contribution in [0.1, 0.15) is 30.6 Å². The molecule has 24 heavy (non-hydrogen) atoms. The second-order valence-corrected chi connectivity index (χ2v) is 7.52. The number of nitrogens with zero attached hydrogens (tertiary/aromatic N) is 1. The Kier molecular flexibility index (Phi) is 5.62. The van der Waals surface area contributed by atoms with Crippen molar-refractivity contribution in [3.8, 4) is 0 Å². The lowest BCUT2D eigenvalue weighted by Gasteiger charge is -2.21. The van der Waals surface area contributed by atoms with Crippen LogP contribution >= 0.6 is 0 Å². The lowest BCUT2D eigenvalue weighted by Crippen LogP contribution is -2.34. The molecule has 1 atom stereocenters. The largest absolute Gasteiger partial charge is 0.350 e. The number of rotatable bonds is 6. The van der Waals surface area contributed by atoms with Crippen LogP contribution in [0.2, 0.25) is 0 Å². The van der Waals surface area contributed by atoms with E-state index in [9.17, 15) is 13.2 Å². The fourth-order valence-electron chi connectivity index (χ4n) is 2.21. The van der Waals surface area contributed by atoms with Crippen molar-refractivity contribution in [3.05, 3.63) is 60.2 Å². The summed E-state index contributed by atoms with van der Waals surface area (Å²) in [6, 6.07) is 15.0. The minimum absolute atomic E-state index is 0.00263. The standard InChI is InChI=1S/C18H22N2O3S/c1-4-14(2)19-18(21)16-12-8-9-13-17(16)24(22,23)20(3)15-10-6-5-7-11-15/h5-14H,4H2,1-3H3,(H,19,21). The van der Waals surface area contributed by atoms with E-state index in [0.717, 1.165) is 6.42 Å². The van der Waals surface area contributed by atoms with E-state index >= 15 is 0 Å². The third-order valence-corrected chi connectivity index (χ3v) is 5.72. The molecule has 0 aliphatic rings. The lowest BCUT2D eigenvalue weighted by atomic mass is 10.2. The van der Waals surface area contributed by atoms with Gasteiger partial charge < -0.3 is 5.32 Å². The monoisotopic (exact) mass is 346 g/mol. The molecular weight excluding hydrogens is 324 g/mol. The van der Waals surface area contributed by atoms with Gasteiger partial charge in [0, 0.05) is 13.1 Å². The minimum Gasteiger partial charge on any atom is -0.350 e. The van der Waals surface area contributed by atoms with Crippen molar-refractivity contribution in [2.24, 2.45) is 0 Å². The number of carbonyl (C=O) groups excluding carboxylic acids is 1. The molecule has 2 aromatic carbocycles. The molecule has 1 unspecified atom stereocenters. The lowest BCUT2D eigenvalue weighted by molar-refractivity contribution is 0.0936. The van der Waals surface area contributed by atoms with Crippen LogP contribution in [0, 0.1) is 0 Å². The van der Waals surface area contributed by atoms with E-state index in [1.165, 1.54) is 23.5 Å². The molecule has 0 aromatic heterocycles. The molecule has 1 N–H and O–H groups in total. The molecule has 0 heterocycles. The highest BCUT2D eigenvalue weighted by atomic mass is 32.2. The number of nitrogens with one attached hydrogen (secondary N) is 1. The molecule has 1 amide bonds. The topological polar surface area (TPSA) is 66.5 Å². The van der Waals surface area contributed by atoms with Gasteiger partial charge in [0.25, 0.3) is 15.9 Å². The van der Waals surface area contributed by atoms with Crippen LogP contribution in [-0.4, -0.2) is 27.4 Å². The van der Waals surface area contributed by atoms with Crippen molar-refractivity contribution >= 4 is 21.6 Å². The Morgan fingerprint density at radius 1 is 1.08 bits per heavy atom. The Morgan fingerprint density at radius 3 is 2.29 bits per heavy atom. The maximum atomic E-state index is 13.0. The van der Waals surface area contributed by atoms with Crippen molar-refractivity contribution in [3.63, 3.8) is 0 Å². The first-order chi connectivity index (χ1) is 11.4. The number of anilines is 1. The smallest absolute Gasteiger partial charge is 0.264 e. The number of benzene rings is 2. The summed E-state index contributed by atoms with van der Waals surface area (Å²) >= 11 is 0. The summed E-state index contributed by atoms with van der Waals surface area (Å²) in [6.07, 6.45) is 0.768. The Labute approximate surface area is 143 Å². The molecule has 0 fully saturated rings. The Hall–Kier alpha value is -2.34. The van der Waals surface area contributed by atoms with E-state index in [1.807, 2.05) is 19.9 Å². The van der Waals surface area contributed by atoms with Crippen molar-refractivity contribution in [2.75, 3.05) is 11.4 Å². The summed E-state index contributed by atoms with van der Waals surface area (Å²) in [7, 11) is -2.36. The maximum absolute atomic E-state index is 13.0. The van der Waals surface area contributed by atoms with E-state index < -0.39 is 10.0 Å². The highest BCUT2D eigenvalue weighted by Crippen LogP contribution is 2.24. The summed E-state index contributed by atoms with van der Waals surface area (Å²) in [4.78, 5) is 12.4. The van der Waals surface area contributed by atoms with Crippen molar-refractivity contribution in [1.29, 1.82) is 0 Å². The van der Waals surface area contributed by atoms with Gasteiger partial charge in [-0.2, -0.15) is 0 Å². The van der Waals surface area contributed by atoms with Gasteiger partial charge in [-0.25, -0.2) is 8.42 Å². The molecule has 5 nitrogen and oxygen atoms in total. The average molecular weight is 346 g/mol. The van der Waals surface area contributed by atoms with Gasteiger partial charge in [0.2, 0.25) is 0 Å². The van der Waals surface area contributed by atoms with Gasteiger partial charge in [0.1, 0.15) is 4.90 Å². The average Bonchev–Trinajstić information content (AvgIpc) is 2.61. The van der Waals surface area contributed by atoms with E-state index in [2.05, 4.69) is 5.32 Å². The molecular formula is C18H22N2O3S. The number of hydrogen-bond donors (Lipinski definition) is 1. The molecule has 0 radical (unpaired) electrons. The second-order valence-electron chi connectivity index (χ2n) is 5.59. The quantitative estimate of drug-likeness (QED) is 0.874. The van der Waals surface area contributed by atoms with Gasteiger partial charge in [0.15, 0.2) is 0 Å². The summed E-state index contributed by atoms with van der Waals surface area (Å²) < 4.78 is 27.1. The maximum Gasteiger partial charge on any atom is 0.264 e. The highest BCUT2D eigenvalue weighted by molar-refractivity contribution is 7.92. The van der Waals surface area contributed by atoms with Crippen LogP contribution in [0.4, 0.5) is 5.69 Å². The SMILES string of the molecule is CCC(C)NC(=O)c1ccccc1S(=O)(=O)N(C)c1ccccc1. The Balaban J connectivity index is 2.43. The molecule has 0 spiro atoms. The zero-order chi connectivity index (χ0) is 17.7. The van der Waals surface area contributed by atoms with Crippen LogP contribution in [0.25, 0.3) is 0 Å². The second kappa shape index (κ2) is 7.49. The number of carbonyl (C=O) groups is 1. The highest BCUT2D eigenvalue weighted by Gasteiger charge is 2.26. The van der Waals surface area contributed by atoms with Gasteiger partial charge in [-0.15, -0.1) is 0 Å². The first-order valence-electron chi connectivity index (χ1n) is 7.81. The van der Waals surface area contributed by atoms with Gasteiger partial charge in [-0.3, -0.25) is 9.10 Å². The van der Waals surface area contributed by atoms with Crippen molar-refractivity contribution in [1.82, 2.24) is 5.32 Å². The van der Waals surface area contributed by atoms with Crippen LogP contribution in [-0.2, 0) is 10.0 Å². The molecule has 6 heteroatoms. The van der Waals surface area contributed by atoms with E-state index in [1.54, 1.807) is 36.4 Å². The molecule has 0 aliphatic heterocycles. The molecule has 0 saturated heterocycles. The molecule has 2 rings (SSSR count). The van der Waals surface area contributed by atoms with E-state index in [0.29, 0.717) is 5.69 Å². The van der Waals surface area contributed by atoms with Crippen LogP contribution in [0.15, 0.2) is 59.5 Å². The summed E-state index contributed by atoms with van der Waals surface area (Å²) in [6.45, 7) is 3.84. The number of sulfonamides is 1. The normalized spacial score (nSPS) is 12.5. The van der Waals surface area contributed by atoms with E-state index in [-0.39, 0.29) is 22.4 Å². The summed E-state index contributed by atoms with van der Waals surface area (Å²) in [5, 5.41) is 2.82. The Morgan fingerprint density at radius 2 is 1.67 bits per heavy atom. The third kappa shape index (κ3) is 3.76. The van der Waals surface area contributed by atoms with Crippen LogP contribution in [0.3, 0.4) is 0 Å². The van der Waals surface area contributed by atoms with Crippen LogP contribution < -0.4 is 9.62 Å². The molecule has 0 bridgehead atoms. The molecule has 0 aliphatic carbocycles. The van der Waals surface area contributed by atoms with Gasteiger partial charge >= 0.3 is 0 Å².